The lowest BCUT2D eigenvalue weighted by molar-refractivity contribution is -0.132. The molecule has 0 radical (unpaired) electrons. The first kappa shape index (κ1) is 19.4. The number of carbonyl (C=O) groups is 1. The van der Waals surface area contributed by atoms with Gasteiger partial charge in [-0.05, 0) is 43.2 Å². The Hall–Kier alpha value is -2.32. The molecule has 0 spiro atoms. The van der Waals surface area contributed by atoms with E-state index in [1.165, 1.54) is 18.0 Å². The van der Waals surface area contributed by atoms with Crippen LogP contribution in [0.15, 0.2) is 53.4 Å². The summed E-state index contributed by atoms with van der Waals surface area (Å²) < 4.78 is 53.0. The van der Waals surface area contributed by atoms with Crippen molar-refractivity contribution in [2.75, 3.05) is 13.6 Å². The fourth-order valence-corrected chi connectivity index (χ4v) is 3.89. The lowest BCUT2D eigenvalue weighted by Gasteiger charge is -2.25. The van der Waals surface area contributed by atoms with Crippen molar-refractivity contribution in [2.24, 2.45) is 0 Å². The van der Waals surface area contributed by atoms with E-state index < -0.39 is 27.6 Å². The fourth-order valence-electron chi connectivity index (χ4n) is 2.77. The summed E-state index contributed by atoms with van der Waals surface area (Å²) in [5, 5.41) is 0. The minimum atomic E-state index is -3.93. The van der Waals surface area contributed by atoms with Crippen LogP contribution in [0.25, 0.3) is 0 Å². The smallest absolute Gasteiger partial charge is 0.243 e. The van der Waals surface area contributed by atoms with E-state index in [1.54, 1.807) is 18.2 Å². The predicted molar refractivity (Wildman–Crippen MR) is 96.2 cm³/mol. The molecule has 0 saturated heterocycles. The Labute approximate surface area is 157 Å². The fraction of sp³-hybridized carbons (Fsp3) is 0.316. The summed E-state index contributed by atoms with van der Waals surface area (Å²) in [4.78, 5) is 14.2. The molecule has 1 aliphatic rings. The van der Waals surface area contributed by atoms with Gasteiger partial charge in [0.1, 0.15) is 11.6 Å². The second-order valence-corrected chi connectivity index (χ2v) is 8.60. The third kappa shape index (κ3) is 4.51. The molecule has 2 aromatic carbocycles. The van der Waals surface area contributed by atoms with Crippen LogP contribution in [0.4, 0.5) is 8.78 Å². The maximum atomic E-state index is 13.9. The zero-order valence-corrected chi connectivity index (χ0v) is 15.6. The van der Waals surface area contributed by atoms with Crippen molar-refractivity contribution >= 4 is 15.9 Å². The highest BCUT2D eigenvalue weighted by Gasteiger charge is 2.34. The molecule has 1 saturated carbocycles. The van der Waals surface area contributed by atoms with Crippen LogP contribution in [-0.2, 0) is 21.4 Å². The van der Waals surface area contributed by atoms with Crippen LogP contribution >= 0.6 is 0 Å². The molecular formula is C19H20F2N2O3S. The Kier molecular flexibility index (Phi) is 5.57. The second-order valence-electron chi connectivity index (χ2n) is 6.56. The zero-order chi connectivity index (χ0) is 19.6. The number of benzene rings is 2. The molecule has 2 aromatic rings. The maximum absolute atomic E-state index is 13.9. The lowest BCUT2D eigenvalue weighted by atomic mass is 10.2. The first-order valence-corrected chi connectivity index (χ1v) is 9.98. The van der Waals surface area contributed by atoms with Gasteiger partial charge in [0.15, 0.2) is 0 Å². The highest BCUT2D eigenvalue weighted by atomic mass is 32.2. The van der Waals surface area contributed by atoms with Crippen molar-refractivity contribution in [2.45, 2.75) is 30.3 Å². The minimum Gasteiger partial charge on any atom is -0.334 e. The SMILES string of the molecule is CN(CC(=O)N(Cc1ccccc1F)C1CC1)S(=O)(=O)c1ccc(F)cc1. The van der Waals surface area contributed by atoms with Crippen LogP contribution in [0, 0.1) is 11.6 Å². The molecule has 5 nitrogen and oxygen atoms in total. The minimum absolute atomic E-state index is 0.000897. The van der Waals surface area contributed by atoms with Gasteiger partial charge < -0.3 is 4.90 Å². The van der Waals surface area contributed by atoms with Gasteiger partial charge in [0.25, 0.3) is 0 Å². The van der Waals surface area contributed by atoms with E-state index in [-0.39, 0.29) is 24.0 Å². The number of sulfonamides is 1. The van der Waals surface area contributed by atoms with Crippen LogP contribution < -0.4 is 0 Å². The third-order valence-corrected chi connectivity index (χ3v) is 6.30. The molecule has 0 heterocycles. The average molecular weight is 394 g/mol. The van der Waals surface area contributed by atoms with Crippen LogP contribution in [0.5, 0.6) is 0 Å². The summed E-state index contributed by atoms with van der Waals surface area (Å²) in [5.74, 6) is -1.34. The number of likely N-dealkylation sites (N-methyl/N-ethyl adjacent to an activating group) is 1. The Morgan fingerprint density at radius 3 is 2.30 bits per heavy atom. The van der Waals surface area contributed by atoms with E-state index in [4.69, 9.17) is 0 Å². The summed E-state index contributed by atoms with van der Waals surface area (Å²) in [6.07, 6.45) is 1.63. The average Bonchev–Trinajstić information content (AvgIpc) is 3.46. The molecular weight excluding hydrogens is 374 g/mol. The summed E-state index contributed by atoms with van der Waals surface area (Å²) in [5.41, 5.74) is 0.391. The summed E-state index contributed by atoms with van der Waals surface area (Å²) in [6, 6.07) is 10.6. The van der Waals surface area contributed by atoms with E-state index in [0.717, 1.165) is 41.4 Å². The molecule has 8 heteroatoms. The molecule has 27 heavy (non-hydrogen) atoms. The molecule has 0 unspecified atom stereocenters. The van der Waals surface area contributed by atoms with Crippen molar-refractivity contribution in [1.29, 1.82) is 0 Å². The Balaban J connectivity index is 1.73. The highest BCUT2D eigenvalue weighted by molar-refractivity contribution is 7.89. The van der Waals surface area contributed by atoms with Crippen molar-refractivity contribution in [3.05, 3.63) is 65.7 Å². The van der Waals surface area contributed by atoms with Gasteiger partial charge in [-0.25, -0.2) is 17.2 Å². The summed E-state index contributed by atoms with van der Waals surface area (Å²) in [6.45, 7) is -0.273. The Morgan fingerprint density at radius 2 is 1.70 bits per heavy atom. The molecule has 0 atom stereocenters. The molecule has 0 N–H and O–H groups in total. The zero-order valence-electron chi connectivity index (χ0n) is 14.8. The number of halogens is 2. The van der Waals surface area contributed by atoms with Gasteiger partial charge in [0.2, 0.25) is 15.9 Å². The quantitative estimate of drug-likeness (QED) is 0.726. The lowest BCUT2D eigenvalue weighted by Crippen LogP contribution is -2.42. The van der Waals surface area contributed by atoms with E-state index in [1.807, 2.05) is 0 Å². The van der Waals surface area contributed by atoms with Crippen LogP contribution in [0.3, 0.4) is 0 Å². The monoisotopic (exact) mass is 394 g/mol. The molecule has 1 amide bonds. The van der Waals surface area contributed by atoms with Crippen molar-refractivity contribution in [3.8, 4) is 0 Å². The van der Waals surface area contributed by atoms with Crippen molar-refractivity contribution in [3.63, 3.8) is 0 Å². The van der Waals surface area contributed by atoms with Crippen LogP contribution in [0.1, 0.15) is 18.4 Å². The predicted octanol–water partition coefficient (Wildman–Crippen LogP) is 2.78. The first-order valence-electron chi connectivity index (χ1n) is 8.54. The van der Waals surface area contributed by atoms with Gasteiger partial charge in [-0.3, -0.25) is 4.79 Å². The highest BCUT2D eigenvalue weighted by Crippen LogP contribution is 2.29. The number of rotatable bonds is 7. The third-order valence-electron chi connectivity index (χ3n) is 4.49. The van der Waals surface area contributed by atoms with Gasteiger partial charge in [-0.15, -0.1) is 0 Å². The summed E-state index contributed by atoms with van der Waals surface area (Å²) in [7, 11) is -2.63. The van der Waals surface area contributed by atoms with E-state index in [0.29, 0.717) is 5.56 Å². The van der Waals surface area contributed by atoms with Gasteiger partial charge in [0, 0.05) is 25.2 Å². The molecule has 0 aliphatic heterocycles. The Morgan fingerprint density at radius 1 is 1.07 bits per heavy atom. The molecule has 0 bridgehead atoms. The molecule has 144 valence electrons. The molecule has 1 fully saturated rings. The van der Waals surface area contributed by atoms with Gasteiger partial charge >= 0.3 is 0 Å². The van der Waals surface area contributed by atoms with E-state index in [2.05, 4.69) is 0 Å². The van der Waals surface area contributed by atoms with Crippen LogP contribution in [0.2, 0.25) is 0 Å². The van der Waals surface area contributed by atoms with Crippen molar-refractivity contribution in [1.82, 2.24) is 9.21 Å². The molecule has 0 aromatic heterocycles. The van der Waals surface area contributed by atoms with E-state index >= 15 is 0 Å². The number of amides is 1. The molecule has 3 rings (SSSR count). The standard InChI is InChI=1S/C19H20F2N2O3S/c1-22(27(25,26)17-10-6-15(20)7-11-17)13-19(24)23(16-8-9-16)12-14-4-2-3-5-18(14)21/h2-7,10-11,16H,8-9,12-13H2,1H3. The number of carbonyl (C=O) groups excluding carboxylic acids is 1. The van der Waals surface area contributed by atoms with Crippen LogP contribution in [-0.4, -0.2) is 43.2 Å². The largest absolute Gasteiger partial charge is 0.334 e. The number of nitrogens with zero attached hydrogens (tertiary/aromatic N) is 2. The Bertz CT molecular complexity index is 928. The second kappa shape index (κ2) is 7.74. The molecule has 1 aliphatic carbocycles. The maximum Gasteiger partial charge on any atom is 0.243 e. The van der Waals surface area contributed by atoms with Gasteiger partial charge in [0.05, 0.1) is 11.4 Å². The number of hydrogen-bond donors (Lipinski definition) is 0. The van der Waals surface area contributed by atoms with E-state index in [9.17, 15) is 22.0 Å². The number of hydrogen-bond acceptors (Lipinski definition) is 3. The normalized spacial score (nSPS) is 14.4. The van der Waals surface area contributed by atoms with Gasteiger partial charge in [-0.1, -0.05) is 18.2 Å². The first-order chi connectivity index (χ1) is 12.8. The topological polar surface area (TPSA) is 57.7 Å². The summed E-state index contributed by atoms with van der Waals surface area (Å²) >= 11 is 0. The van der Waals surface area contributed by atoms with Gasteiger partial charge in [-0.2, -0.15) is 4.31 Å². The van der Waals surface area contributed by atoms with Crippen molar-refractivity contribution < 1.29 is 22.0 Å².